The fraction of sp³-hybridized carbons (Fsp3) is 0.375. The summed E-state index contributed by atoms with van der Waals surface area (Å²) in [5.41, 5.74) is 2.20. The van der Waals surface area contributed by atoms with Gasteiger partial charge < -0.3 is 15.2 Å². The lowest BCUT2D eigenvalue weighted by Gasteiger charge is -2.11. The summed E-state index contributed by atoms with van der Waals surface area (Å²) in [5, 5.41) is 10.6. The van der Waals surface area contributed by atoms with Crippen molar-refractivity contribution in [2.75, 3.05) is 13.6 Å². The Morgan fingerprint density at radius 1 is 1.21 bits per heavy atom. The van der Waals surface area contributed by atoms with Crippen LogP contribution < -0.4 is 10.6 Å². The van der Waals surface area contributed by atoms with E-state index in [0.717, 1.165) is 36.8 Å². The number of guanidine groups is 1. The molecule has 2 N–H and O–H groups in total. The Labute approximate surface area is 140 Å². The molecule has 0 atom stereocenters. The molecule has 2 aromatic heterocycles. The Balaban J connectivity index is 1.44. The molecule has 8 nitrogen and oxygen atoms in total. The van der Waals surface area contributed by atoms with E-state index in [4.69, 9.17) is 0 Å². The fourth-order valence-corrected chi connectivity index (χ4v) is 2.51. The van der Waals surface area contributed by atoms with Gasteiger partial charge in [-0.2, -0.15) is 5.10 Å². The molecule has 1 aromatic carbocycles. The molecule has 2 heterocycles. The maximum absolute atomic E-state index is 4.41. The molecule has 0 aliphatic carbocycles. The number of para-hydroxylation sites is 2. The zero-order valence-corrected chi connectivity index (χ0v) is 14.0. The van der Waals surface area contributed by atoms with Crippen molar-refractivity contribution in [1.82, 2.24) is 34.9 Å². The van der Waals surface area contributed by atoms with Gasteiger partial charge in [0.1, 0.15) is 12.2 Å². The number of fused-ring (bicyclic) bond motifs is 1. The number of aromatic nitrogens is 5. The second-order valence-corrected chi connectivity index (χ2v) is 5.43. The van der Waals surface area contributed by atoms with Gasteiger partial charge in [-0.05, 0) is 18.6 Å². The van der Waals surface area contributed by atoms with E-state index in [1.165, 1.54) is 5.52 Å². The molecule has 0 spiro atoms. The summed E-state index contributed by atoms with van der Waals surface area (Å²) in [5.74, 6) is 1.62. The number of hydrogen-bond donors (Lipinski definition) is 2. The number of aryl methyl sites for hydroxylation is 2. The van der Waals surface area contributed by atoms with E-state index in [1.807, 2.05) is 31.6 Å². The van der Waals surface area contributed by atoms with Crippen LogP contribution in [0.5, 0.6) is 0 Å². The van der Waals surface area contributed by atoms with E-state index < -0.39 is 0 Å². The van der Waals surface area contributed by atoms with Crippen LogP contribution in [0.4, 0.5) is 0 Å². The summed E-state index contributed by atoms with van der Waals surface area (Å²) in [6.07, 6.45) is 4.42. The Kier molecular flexibility index (Phi) is 5.05. The summed E-state index contributed by atoms with van der Waals surface area (Å²) in [6.45, 7) is 2.32. The number of hydrogen-bond acceptors (Lipinski definition) is 4. The summed E-state index contributed by atoms with van der Waals surface area (Å²) in [4.78, 5) is 12.8. The van der Waals surface area contributed by atoms with Crippen molar-refractivity contribution in [3.63, 3.8) is 0 Å². The number of aliphatic imine (C=N–C) groups is 1. The summed E-state index contributed by atoms with van der Waals surface area (Å²) < 4.78 is 3.91. The van der Waals surface area contributed by atoms with Crippen LogP contribution in [0.1, 0.15) is 12.2 Å². The summed E-state index contributed by atoms with van der Waals surface area (Å²) in [7, 11) is 3.63. The van der Waals surface area contributed by atoms with Crippen molar-refractivity contribution in [2.24, 2.45) is 12.0 Å². The fourth-order valence-electron chi connectivity index (χ4n) is 2.51. The molecule has 0 aliphatic rings. The van der Waals surface area contributed by atoms with Gasteiger partial charge >= 0.3 is 0 Å². The third-order valence-electron chi connectivity index (χ3n) is 3.84. The smallest absolute Gasteiger partial charge is 0.191 e. The van der Waals surface area contributed by atoms with Crippen LogP contribution in [-0.2, 0) is 20.1 Å². The molecule has 0 fully saturated rings. The summed E-state index contributed by atoms with van der Waals surface area (Å²) >= 11 is 0. The monoisotopic (exact) mass is 326 g/mol. The lowest BCUT2D eigenvalue weighted by Crippen LogP contribution is -2.38. The van der Waals surface area contributed by atoms with Crippen LogP contribution in [0, 0.1) is 0 Å². The zero-order valence-electron chi connectivity index (χ0n) is 14.0. The predicted octanol–water partition coefficient (Wildman–Crippen LogP) is 0.920. The van der Waals surface area contributed by atoms with Gasteiger partial charge in [-0.15, -0.1) is 0 Å². The van der Waals surface area contributed by atoms with Crippen molar-refractivity contribution in [2.45, 2.75) is 19.5 Å². The molecule has 0 amide bonds. The average molecular weight is 326 g/mol. The van der Waals surface area contributed by atoms with Crippen LogP contribution in [0.15, 0.2) is 41.9 Å². The van der Waals surface area contributed by atoms with Gasteiger partial charge in [-0.3, -0.25) is 9.67 Å². The van der Waals surface area contributed by atoms with Gasteiger partial charge in [-0.1, -0.05) is 12.1 Å². The highest BCUT2D eigenvalue weighted by atomic mass is 15.3. The van der Waals surface area contributed by atoms with E-state index in [-0.39, 0.29) is 0 Å². The lowest BCUT2D eigenvalue weighted by atomic mass is 10.3. The third kappa shape index (κ3) is 3.70. The van der Waals surface area contributed by atoms with Crippen molar-refractivity contribution in [1.29, 1.82) is 0 Å². The molecule has 0 saturated carbocycles. The van der Waals surface area contributed by atoms with Crippen LogP contribution in [-0.4, -0.2) is 43.9 Å². The zero-order chi connectivity index (χ0) is 16.8. The standard InChI is InChI=1S/C16H22N8/c1-17-16(19-10-15-20-11-22-23(15)2)18-8-5-9-24-12-21-13-6-3-4-7-14(13)24/h3-4,6-7,11-12H,5,8-10H2,1-2H3,(H2,17,18,19). The van der Waals surface area contributed by atoms with Crippen molar-refractivity contribution in [3.05, 3.63) is 42.7 Å². The molecule has 0 unspecified atom stereocenters. The first-order valence-electron chi connectivity index (χ1n) is 7.95. The molecular weight excluding hydrogens is 304 g/mol. The van der Waals surface area contributed by atoms with Crippen LogP contribution in [0.3, 0.4) is 0 Å². The molecule has 0 aliphatic heterocycles. The Hall–Kier alpha value is -2.90. The number of benzene rings is 1. The number of imidazole rings is 1. The lowest BCUT2D eigenvalue weighted by molar-refractivity contribution is 0.631. The van der Waals surface area contributed by atoms with Gasteiger partial charge in [0, 0.05) is 27.2 Å². The molecule has 0 saturated heterocycles. The minimum atomic E-state index is 0.586. The second kappa shape index (κ2) is 7.58. The van der Waals surface area contributed by atoms with Gasteiger partial charge in [-0.25, -0.2) is 9.97 Å². The van der Waals surface area contributed by atoms with Crippen molar-refractivity contribution >= 4 is 17.0 Å². The van der Waals surface area contributed by atoms with E-state index in [1.54, 1.807) is 18.1 Å². The first kappa shape index (κ1) is 16.0. The quantitative estimate of drug-likeness (QED) is 0.400. The van der Waals surface area contributed by atoms with Gasteiger partial charge in [0.25, 0.3) is 0 Å². The number of nitrogens with one attached hydrogen (secondary N) is 2. The SMILES string of the molecule is CN=C(NCCCn1cnc2ccccc21)NCc1ncnn1C. The maximum Gasteiger partial charge on any atom is 0.191 e. The first-order valence-corrected chi connectivity index (χ1v) is 7.95. The highest BCUT2D eigenvalue weighted by Gasteiger charge is 2.03. The average Bonchev–Trinajstić information content (AvgIpc) is 3.21. The van der Waals surface area contributed by atoms with Gasteiger partial charge in [0.2, 0.25) is 0 Å². The second-order valence-electron chi connectivity index (χ2n) is 5.43. The molecule has 8 heteroatoms. The summed E-state index contributed by atoms with van der Waals surface area (Å²) in [6, 6.07) is 8.17. The third-order valence-corrected chi connectivity index (χ3v) is 3.84. The van der Waals surface area contributed by atoms with Crippen LogP contribution in [0.2, 0.25) is 0 Å². The van der Waals surface area contributed by atoms with Gasteiger partial charge in [0.15, 0.2) is 5.96 Å². The van der Waals surface area contributed by atoms with Crippen LogP contribution >= 0.6 is 0 Å². The van der Waals surface area contributed by atoms with E-state index >= 15 is 0 Å². The highest BCUT2D eigenvalue weighted by Crippen LogP contribution is 2.11. The maximum atomic E-state index is 4.41. The van der Waals surface area contributed by atoms with Crippen LogP contribution in [0.25, 0.3) is 11.0 Å². The molecule has 126 valence electrons. The largest absolute Gasteiger partial charge is 0.356 e. The van der Waals surface area contributed by atoms with E-state index in [2.05, 4.69) is 41.3 Å². The number of nitrogens with zero attached hydrogens (tertiary/aromatic N) is 6. The first-order chi connectivity index (χ1) is 11.8. The molecule has 3 aromatic rings. The topological polar surface area (TPSA) is 84.9 Å². The van der Waals surface area contributed by atoms with Gasteiger partial charge in [0.05, 0.1) is 23.9 Å². The van der Waals surface area contributed by atoms with E-state index in [0.29, 0.717) is 6.54 Å². The minimum absolute atomic E-state index is 0.586. The Bertz CT molecular complexity index is 816. The Morgan fingerprint density at radius 3 is 2.88 bits per heavy atom. The minimum Gasteiger partial charge on any atom is -0.356 e. The van der Waals surface area contributed by atoms with E-state index in [9.17, 15) is 0 Å². The number of rotatable bonds is 6. The Morgan fingerprint density at radius 2 is 2.08 bits per heavy atom. The van der Waals surface area contributed by atoms with Crippen molar-refractivity contribution in [3.8, 4) is 0 Å². The van der Waals surface area contributed by atoms with Crippen molar-refractivity contribution < 1.29 is 0 Å². The predicted molar refractivity (Wildman–Crippen MR) is 93.6 cm³/mol. The molecule has 0 radical (unpaired) electrons. The highest BCUT2D eigenvalue weighted by molar-refractivity contribution is 5.79. The normalized spacial score (nSPS) is 11.8. The molecule has 24 heavy (non-hydrogen) atoms. The molecule has 0 bridgehead atoms. The molecule has 3 rings (SSSR count). The molecular formula is C16H22N8.